The maximum absolute atomic E-state index is 5.48. The molecule has 1 aromatic carbocycles. The van der Waals surface area contributed by atoms with Gasteiger partial charge >= 0.3 is 0 Å². The van der Waals surface area contributed by atoms with Crippen LogP contribution in [0.4, 0.5) is 0 Å². The van der Waals surface area contributed by atoms with E-state index in [1.165, 1.54) is 11.1 Å². The molecular weight excluding hydrogens is 352 g/mol. The lowest BCUT2D eigenvalue weighted by atomic mass is 10.1. The van der Waals surface area contributed by atoms with Gasteiger partial charge in [-0.05, 0) is 31.4 Å². The Bertz CT molecular complexity index is 740. The summed E-state index contributed by atoms with van der Waals surface area (Å²) < 4.78 is 7.55. The third-order valence-corrected chi connectivity index (χ3v) is 4.56. The van der Waals surface area contributed by atoms with Gasteiger partial charge in [-0.25, -0.2) is 0 Å². The van der Waals surface area contributed by atoms with Crippen molar-refractivity contribution in [3.8, 4) is 5.75 Å². The van der Waals surface area contributed by atoms with E-state index in [2.05, 4.69) is 63.3 Å². The number of rotatable bonds is 11. The van der Waals surface area contributed by atoms with Crippen LogP contribution in [0.3, 0.4) is 0 Å². The lowest BCUT2D eigenvalue weighted by Gasteiger charge is -2.14. The molecule has 7 heteroatoms. The highest BCUT2D eigenvalue weighted by Gasteiger charge is 2.05. The number of methoxy groups -OCH3 is 1. The fourth-order valence-electron chi connectivity index (χ4n) is 2.98. The largest absolute Gasteiger partial charge is 0.496 e. The van der Waals surface area contributed by atoms with E-state index in [1.807, 2.05) is 6.07 Å². The highest BCUT2D eigenvalue weighted by Crippen LogP contribution is 2.19. The molecule has 1 heterocycles. The molecule has 0 radical (unpaired) electrons. The molecule has 2 N–H and O–H groups in total. The van der Waals surface area contributed by atoms with Gasteiger partial charge in [0, 0.05) is 32.6 Å². The second-order valence-electron chi connectivity index (χ2n) is 6.80. The standard InChI is InChI=1S/C21H34N6O/c1-5-7-11-22-21(24-13-14-27-16-25-26-20(27)6-2)23-12-10-18-15-17(3)8-9-19(18)28-4/h8-9,15-16H,5-7,10-14H2,1-4H3,(H2,22,23,24). The van der Waals surface area contributed by atoms with E-state index in [-0.39, 0.29) is 0 Å². The van der Waals surface area contributed by atoms with E-state index < -0.39 is 0 Å². The average molecular weight is 387 g/mol. The monoisotopic (exact) mass is 386 g/mol. The number of aromatic nitrogens is 3. The molecule has 154 valence electrons. The molecule has 0 aliphatic heterocycles. The first-order chi connectivity index (χ1) is 13.7. The predicted molar refractivity (Wildman–Crippen MR) is 114 cm³/mol. The van der Waals surface area contributed by atoms with Crippen molar-refractivity contribution in [2.24, 2.45) is 4.99 Å². The fraction of sp³-hybridized carbons (Fsp3) is 0.571. The number of nitrogens with zero attached hydrogens (tertiary/aromatic N) is 4. The molecule has 0 unspecified atom stereocenters. The molecule has 0 bridgehead atoms. The summed E-state index contributed by atoms with van der Waals surface area (Å²) in [5.74, 6) is 2.79. The first-order valence-electron chi connectivity index (χ1n) is 10.2. The zero-order valence-corrected chi connectivity index (χ0v) is 17.7. The summed E-state index contributed by atoms with van der Waals surface area (Å²) in [7, 11) is 1.72. The third kappa shape index (κ3) is 6.87. The van der Waals surface area contributed by atoms with Crippen LogP contribution in [0.15, 0.2) is 29.5 Å². The van der Waals surface area contributed by atoms with Crippen LogP contribution < -0.4 is 15.4 Å². The second-order valence-corrected chi connectivity index (χ2v) is 6.80. The summed E-state index contributed by atoms with van der Waals surface area (Å²) >= 11 is 0. The Morgan fingerprint density at radius 3 is 2.79 bits per heavy atom. The maximum atomic E-state index is 5.48. The number of ether oxygens (including phenoxy) is 1. The Morgan fingerprint density at radius 2 is 2.04 bits per heavy atom. The molecule has 2 aromatic rings. The molecule has 7 nitrogen and oxygen atoms in total. The van der Waals surface area contributed by atoms with Gasteiger partial charge < -0.3 is 19.9 Å². The Labute approximate surface area is 168 Å². The van der Waals surface area contributed by atoms with Gasteiger partial charge in [-0.15, -0.1) is 10.2 Å². The number of aryl methyl sites for hydroxylation is 2. The van der Waals surface area contributed by atoms with Crippen molar-refractivity contribution < 1.29 is 4.74 Å². The van der Waals surface area contributed by atoms with Crippen LogP contribution in [0.25, 0.3) is 0 Å². The SMILES string of the molecule is CCCCN=C(NCCc1cc(C)ccc1OC)NCCn1cnnc1CC. The van der Waals surface area contributed by atoms with E-state index in [4.69, 9.17) is 4.74 Å². The predicted octanol–water partition coefficient (Wildman–Crippen LogP) is 2.74. The number of benzene rings is 1. The first-order valence-corrected chi connectivity index (χ1v) is 10.2. The summed E-state index contributed by atoms with van der Waals surface area (Å²) in [6, 6.07) is 6.29. The van der Waals surface area contributed by atoms with Gasteiger partial charge in [0.25, 0.3) is 0 Å². The summed E-state index contributed by atoms with van der Waals surface area (Å²) in [5.41, 5.74) is 2.45. The van der Waals surface area contributed by atoms with E-state index in [1.54, 1.807) is 13.4 Å². The van der Waals surface area contributed by atoms with E-state index in [9.17, 15) is 0 Å². The molecule has 0 spiro atoms. The Kier molecular flexibility index (Phi) is 9.31. The average Bonchev–Trinajstić information content (AvgIpc) is 3.15. The molecule has 0 saturated carbocycles. The van der Waals surface area contributed by atoms with Crippen molar-refractivity contribution in [1.29, 1.82) is 0 Å². The second kappa shape index (κ2) is 12.0. The van der Waals surface area contributed by atoms with Crippen molar-refractivity contribution in [2.45, 2.75) is 53.0 Å². The summed E-state index contributed by atoms with van der Waals surface area (Å²) in [6.07, 6.45) is 5.77. The van der Waals surface area contributed by atoms with E-state index in [0.717, 1.165) is 69.4 Å². The summed E-state index contributed by atoms with van der Waals surface area (Å²) in [5, 5.41) is 15.0. The molecule has 0 saturated heterocycles. The number of unbranched alkanes of at least 4 members (excludes halogenated alkanes) is 1. The molecule has 0 atom stereocenters. The highest BCUT2D eigenvalue weighted by atomic mass is 16.5. The van der Waals surface area contributed by atoms with Crippen molar-refractivity contribution in [3.05, 3.63) is 41.5 Å². The van der Waals surface area contributed by atoms with Gasteiger partial charge in [0.15, 0.2) is 5.96 Å². The van der Waals surface area contributed by atoms with Crippen LogP contribution in [0.2, 0.25) is 0 Å². The van der Waals surface area contributed by atoms with Gasteiger partial charge in [-0.1, -0.05) is 38.0 Å². The number of hydrogen-bond acceptors (Lipinski definition) is 4. The molecule has 0 fully saturated rings. The highest BCUT2D eigenvalue weighted by molar-refractivity contribution is 5.79. The Morgan fingerprint density at radius 1 is 1.21 bits per heavy atom. The number of nitrogens with one attached hydrogen (secondary N) is 2. The van der Waals surface area contributed by atoms with Crippen LogP contribution in [0.5, 0.6) is 5.75 Å². The zero-order valence-electron chi connectivity index (χ0n) is 17.7. The lowest BCUT2D eigenvalue weighted by molar-refractivity contribution is 0.409. The van der Waals surface area contributed by atoms with Crippen LogP contribution in [-0.4, -0.2) is 47.5 Å². The van der Waals surface area contributed by atoms with Gasteiger partial charge in [0.2, 0.25) is 0 Å². The normalized spacial score (nSPS) is 11.5. The van der Waals surface area contributed by atoms with Crippen molar-refractivity contribution in [2.75, 3.05) is 26.7 Å². The lowest BCUT2D eigenvalue weighted by Crippen LogP contribution is -2.40. The van der Waals surface area contributed by atoms with E-state index in [0.29, 0.717) is 0 Å². The quantitative estimate of drug-likeness (QED) is 0.353. The number of hydrogen-bond donors (Lipinski definition) is 2. The summed E-state index contributed by atoms with van der Waals surface area (Å²) in [4.78, 5) is 4.69. The molecular formula is C21H34N6O. The van der Waals surface area contributed by atoms with Crippen LogP contribution in [0, 0.1) is 6.92 Å². The Hall–Kier alpha value is -2.57. The van der Waals surface area contributed by atoms with Crippen LogP contribution >= 0.6 is 0 Å². The van der Waals surface area contributed by atoms with Gasteiger partial charge in [0.1, 0.15) is 17.9 Å². The van der Waals surface area contributed by atoms with Crippen molar-refractivity contribution >= 4 is 5.96 Å². The van der Waals surface area contributed by atoms with Gasteiger partial charge in [0.05, 0.1) is 7.11 Å². The van der Waals surface area contributed by atoms with E-state index >= 15 is 0 Å². The third-order valence-electron chi connectivity index (χ3n) is 4.56. The topological polar surface area (TPSA) is 76.4 Å². The molecule has 0 aliphatic carbocycles. The molecule has 0 amide bonds. The minimum Gasteiger partial charge on any atom is -0.496 e. The van der Waals surface area contributed by atoms with Gasteiger partial charge in [-0.2, -0.15) is 0 Å². The zero-order chi connectivity index (χ0) is 20.2. The maximum Gasteiger partial charge on any atom is 0.191 e. The molecule has 2 rings (SSSR count). The van der Waals surface area contributed by atoms with Crippen LogP contribution in [0.1, 0.15) is 43.6 Å². The van der Waals surface area contributed by atoms with Crippen LogP contribution in [-0.2, 0) is 19.4 Å². The van der Waals surface area contributed by atoms with Crippen molar-refractivity contribution in [1.82, 2.24) is 25.4 Å². The Balaban J connectivity index is 1.88. The minimum absolute atomic E-state index is 0.775. The number of aliphatic imine (C=N–C) groups is 1. The minimum atomic E-state index is 0.775. The molecule has 28 heavy (non-hydrogen) atoms. The molecule has 0 aliphatic rings. The van der Waals surface area contributed by atoms with Gasteiger partial charge in [-0.3, -0.25) is 4.99 Å². The fourth-order valence-corrected chi connectivity index (χ4v) is 2.98. The first kappa shape index (κ1) is 21.7. The smallest absolute Gasteiger partial charge is 0.191 e. The molecule has 1 aromatic heterocycles. The van der Waals surface area contributed by atoms with Crippen molar-refractivity contribution in [3.63, 3.8) is 0 Å². The number of guanidine groups is 1. The summed E-state index contributed by atoms with van der Waals surface area (Å²) in [6.45, 7) is 9.58.